The lowest BCUT2D eigenvalue weighted by atomic mass is 9.96. The van der Waals surface area contributed by atoms with Gasteiger partial charge in [0.2, 0.25) is 0 Å². The van der Waals surface area contributed by atoms with Crippen molar-refractivity contribution in [1.82, 2.24) is 25.0 Å². The summed E-state index contributed by atoms with van der Waals surface area (Å²) >= 11 is 0. The van der Waals surface area contributed by atoms with Gasteiger partial charge in [-0.3, -0.25) is 4.79 Å². The van der Waals surface area contributed by atoms with Crippen LogP contribution in [0.25, 0.3) is 5.57 Å². The first-order valence-electron chi connectivity index (χ1n) is 13.1. The largest absolute Gasteiger partial charge is 0.447 e. The number of hydrogen-bond acceptors (Lipinski definition) is 6. The Hall–Kier alpha value is -3.79. The van der Waals surface area contributed by atoms with E-state index in [0.717, 1.165) is 11.1 Å². The lowest BCUT2D eigenvalue weighted by Gasteiger charge is -2.29. The minimum atomic E-state index is -0.635. The summed E-state index contributed by atoms with van der Waals surface area (Å²) in [7, 11) is 0. The van der Waals surface area contributed by atoms with Crippen LogP contribution in [-0.2, 0) is 17.7 Å². The molecule has 1 aliphatic heterocycles. The second kappa shape index (κ2) is 15.0. The van der Waals surface area contributed by atoms with Gasteiger partial charge in [-0.15, -0.1) is 10.2 Å². The molecule has 0 saturated heterocycles. The Bertz CT molecular complexity index is 1220. The van der Waals surface area contributed by atoms with Gasteiger partial charge in [0.15, 0.2) is 5.82 Å². The number of halogens is 1. The van der Waals surface area contributed by atoms with Crippen LogP contribution >= 0.6 is 0 Å². The molecule has 1 unspecified atom stereocenters. The van der Waals surface area contributed by atoms with Crippen LogP contribution in [0.5, 0.6) is 0 Å². The van der Waals surface area contributed by atoms with E-state index < -0.39 is 17.8 Å². The van der Waals surface area contributed by atoms with Gasteiger partial charge >= 0.3 is 6.09 Å². The normalized spacial score (nSPS) is 14.0. The fourth-order valence-corrected chi connectivity index (χ4v) is 3.76. The number of carbonyl (C=O) groups is 2. The minimum Gasteiger partial charge on any atom is -0.447 e. The molecular weight excluding hydrogens is 501 g/mol. The number of amides is 2. The van der Waals surface area contributed by atoms with E-state index >= 15 is 0 Å². The van der Waals surface area contributed by atoms with Crippen molar-refractivity contribution in [3.05, 3.63) is 77.3 Å². The molecule has 10 heteroatoms. The fourth-order valence-electron chi connectivity index (χ4n) is 3.76. The van der Waals surface area contributed by atoms with Crippen LogP contribution in [0.3, 0.4) is 0 Å². The van der Waals surface area contributed by atoms with Crippen molar-refractivity contribution in [3.8, 4) is 0 Å². The number of benzene rings is 1. The number of aromatic nitrogens is 3. The lowest BCUT2D eigenvalue weighted by molar-refractivity contribution is 0.0729. The third kappa shape index (κ3) is 8.88. The molecule has 1 atom stereocenters. The van der Waals surface area contributed by atoms with Crippen LogP contribution < -0.4 is 5.32 Å². The molecule has 2 N–H and O–H groups in total. The summed E-state index contributed by atoms with van der Waals surface area (Å²) in [6, 6.07) is 2.66. The summed E-state index contributed by atoms with van der Waals surface area (Å²) < 4.78 is 21.7. The number of ether oxygens (including phenoxy) is 1. The second-order valence-electron chi connectivity index (χ2n) is 9.69. The highest BCUT2D eigenvalue weighted by Gasteiger charge is 2.25. The maximum atomic E-state index is 14.7. The van der Waals surface area contributed by atoms with E-state index in [1.54, 1.807) is 47.9 Å². The Morgan fingerprint density at radius 3 is 2.59 bits per heavy atom. The van der Waals surface area contributed by atoms with Gasteiger partial charge in [-0.1, -0.05) is 39.0 Å². The average Bonchev–Trinajstić information content (AvgIpc) is 3.37. The van der Waals surface area contributed by atoms with E-state index in [4.69, 9.17) is 4.74 Å². The van der Waals surface area contributed by atoms with Crippen LogP contribution in [-0.4, -0.2) is 56.0 Å². The highest BCUT2D eigenvalue weighted by Crippen LogP contribution is 2.24. The molecule has 3 rings (SSSR count). The molecule has 2 amide bonds. The Morgan fingerprint density at radius 2 is 1.95 bits per heavy atom. The molecule has 0 aliphatic carbocycles. The first-order chi connectivity index (χ1) is 18.5. The predicted molar refractivity (Wildman–Crippen MR) is 149 cm³/mol. The quantitative estimate of drug-likeness (QED) is 0.445. The van der Waals surface area contributed by atoms with Crippen LogP contribution in [0.1, 0.15) is 81.3 Å². The summed E-state index contributed by atoms with van der Waals surface area (Å²) in [5, 5.41) is 19.9. The highest BCUT2D eigenvalue weighted by atomic mass is 19.1. The smallest absolute Gasteiger partial charge is 0.410 e. The summed E-state index contributed by atoms with van der Waals surface area (Å²) in [4.78, 5) is 26.5. The van der Waals surface area contributed by atoms with E-state index in [1.807, 2.05) is 13.8 Å². The molecule has 0 spiro atoms. The molecule has 0 fully saturated rings. The Morgan fingerprint density at radius 1 is 1.26 bits per heavy atom. The van der Waals surface area contributed by atoms with Gasteiger partial charge in [0.1, 0.15) is 12.1 Å². The Labute approximate surface area is 230 Å². The zero-order valence-electron chi connectivity index (χ0n) is 23.7. The number of carbonyl (C=O) groups excluding carboxylic acids is 2. The molecule has 0 bridgehead atoms. The van der Waals surface area contributed by atoms with Gasteiger partial charge in [-0.2, -0.15) is 0 Å². The maximum Gasteiger partial charge on any atom is 0.410 e. The van der Waals surface area contributed by atoms with Gasteiger partial charge < -0.3 is 24.6 Å². The topological polar surface area (TPSA) is 110 Å². The van der Waals surface area contributed by atoms with Crippen LogP contribution in [0.15, 0.2) is 49.0 Å². The van der Waals surface area contributed by atoms with Crippen molar-refractivity contribution in [3.63, 3.8) is 0 Å². The third-order valence-corrected chi connectivity index (χ3v) is 5.72. The number of hydrogen-bond donors (Lipinski definition) is 2. The number of allylic oxidation sites excluding steroid dienone is 4. The van der Waals surface area contributed by atoms with Crippen LogP contribution in [0.4, 0.5) is 9.18 Å². The van der Waals surface area contributed by atoms with E-state index in [1.165, 1.54) is 18.6 Å². The van der Waals surface area contributed by atoms with E-state index in [9.17, 15) is 19.1 Å². The molecule has 0 saturated carbocycles. The van der Waals surface area contributed by atoms with Crippen molar-refractivity contribution in [2.45, 2.75) is 73.1 Å². The van der Waals surface area contributed by atoms with Crippen molar-refractivity contribution in [1.29, 1.82) is 0 Å². The maximum absolute atomic E-state index is 14.7. The number of aliphatic hydroxyl groups excluding tert-OH is 1. The number of nitrogens with zero attached hydrogens (tertiary/aromatic N) is 4. The van der Waals surface area contributed by atoms with Crippen LogP contribution in [0, 0.1) is 5.82 Å². The van der Waals surface area contributed by atoms with Gasteiger partial charge in [-0.25, -0.2) is 9.18 Å². The molecule has 2 heterocycles. The number of aliphatic hydroxyl groups is 1. The molecular formula is C29H40FN5O4. The van der Waals surface area contributed by atoms with Crippen molar-refractivity contribution in [2.24, 2.45) is 0 Å². The highest BCUT2D eigenvalue weighted by molar-refractivity contribution is 5.96. The van der Waals surface area contributed by atoms with E-state index in [0.29, 0.717) is 24.4 Å². The van der Waals surface area contributed by atoms with E-state index in [-0.39, 0.29) is 36.6 Å². The zero-order chi connectivity index (χ0) is 29.1. The number of fused-ring (bicyclic) bond motifs is 1. The first-order valence-corrected chi connectivity index (χ1v) is 13.1. The molecule has 9 nitrogen and oxygen atoms in total. The summed E-state index contributed by atoms with van der Waals surface area (Å²) in [6.45, 7) is 15.9. The van der Waals surface area contributed by atoms with Gasteiger partial charge in [0.05, 0.1) is 24.3 Å². The molecule has 2 aromatic rings. The Kier molecular flexibility index (Phi) is 12.1. The molecule has 1 aromatic carbocycles. The van der Waals surface area contributed by atoms with Crippen molar-refractivity contribution < 1.29 is 23.8 Å². The monoisotopic (exact) mass is 541 g/mol. The molecule has 0 radical (unpaired) electrons. The summed E-state index contributed by atoms with van der Waals surface area (Å²) in [6.07, 6.45) is 7.64. The molecule has 212 valence electrons. The predicted octanol–water partition coefficient (Wildman–Crippen LogP) is 5.19. The van der Waals surface area contributed by atoms with Crippen molar-refractivity contribution in [2.75, 3.05) is 13.2 Å². The first kappa shape index (κ1) is 31.4. The molecule has 1 aromatic heterocycles. The van der Waals surface area contributed by atoms with Gasteiger partial charge in [0, 0.05) is 18.8 Å². The molecule has 1 aliphatic rings. The second-order valence-corrected chi connectivity index (χ2v) is 9.69. The Balaban J connectivity index is 0.00000170. The zero-order valence-corrected chi connectivity index (χ0v) is 23.7. The third-order valence-electron chi connectivity index (χ3n) is 5.72. The summed E-state index contributed by atoms with van der Waals surface area (Å²) in [5.74, 6) is -0.656. The van der Waals surface area contributed by atoms with Gasteiger partial charge in [0.25, 0.3) is 5.91 Å². The minimum absolute atomic E-state index is 0.0453. The SMILES string of the molecule is C=C(/C=C\C=C(/C)c1nncn1C(C)CO)NC(=O)c1cc2c(cc1F)CCN(C(=O)OC(C)C)C2.CCC. The number of rotatable bonds is 8. The summed E-state index contributed by atoms with van der Waals surface area (Å²) in [5.41, 5.74) is 2.41. The van der Waals surface area contributed by atoms with Crippen molar-refractivity contribution >= 4 is 17.6 Å². The molecule has 39 heavy (non-hydrogen) atoms. The average molecular weight is 542 g/mol. The van der Waals surface area contributed by atoms with E-state index in [2.05, 4.69) is 35.9 Å². The van der Waals surface area contributed by atoms with Gasteiger partial charge in [-0.05, 0) is 69.0 Å². The van der Waals surface area contributed by atoms with Crippen LogP contribution in [0.2, 0.25) is 0 Å². The lowest BCUT2D eigenvalue weighted by Crippen LogP contribution is -2.37. The fraction of sp³-hybridized carbons (Fsp3) is 0.448. The number of nitrogens with one attached hydrogen (secondary N) is 1. The standard InChI is InChI=1S/C26H32FN5O4.C3H8/c1-16(2)36-26(35)31-10-9-20-12-23(27)22(11-21(20)13-31)25(34)29-18(4)8-6-7-17(3)24-30-28-15-32(24)19(5)14-33;1-3-2/h6-8,11-12,15-16,19,33H,4,9-10,13-14H2,1-3,5H3,(H,29,34);3H2,1-2H3/b8-6-,17-7+;.